The van der Waals surface area contributed by atoms with Crippen molar-refractivity contribution in [1.82, 2.24) is 9.78 Å². The Morgan fingerprint density at radius 3 is 2.46 bits per heavy atom. The average molecular weight is 386 g/mol. The molecule has 0 spiro atoms. The van der Waals surface area contributed by atoms with Gasteiger partial charge >= 0.3 is 0 Å². The van der Waals surface area contributed by atoms with Gasteiger partial charge < -0.3 is 5.32 Å². The standard InChI is InChI=1S/C17H21Cl2N3OS/c1-9-16(10(2)22(5)21-9)20-17(23)12(4)24-11(3)13-6-7-14(18)15(19)8-13/h6-8,11-12H,1-5H3,(H,20,23)/t11-,12+/m0/s1. The largest absolute Gasteiger partial charge is 0.322 e. The number of benzene rings is 1. The summed E-state index contributed by atoms with van der Waals surface area (Å²) in [5.74, 6) is -0.0360. The van der Waals surface area contributed by atoms with Crippen LogP contribution in [0.1, 0.15) is 36.0 Å². The fraction of sp³-hybridized carbons (Fsp3) is 0.412. The van der Waals surface area contributed by atoms with E-state index in [-0.39, 0.29) is 16.4 Å². The first-order valence-electron chi connectivity index (χ1n) is 7.62. The number of carbonyl (C=O) groups excluding carboxylic acids is 1. The van der Waals surface area contributed by atoms with Gasteiger partial charge in [-0.3, -0.25) is 9.48 Å². The Kier molecular flexibility index (Phi) is 6.23. The van der Waals surface area contributed by atoms with Crippen LogP contribution in [0.3, 0.4) is 0 Å². The van der Waals surface area contributed by atoms with Crippen LogP contribution in [0.5, 0.6) is 0 Å². The number of hydrogen-bond donors (Lipinski definition) is 1. The van der Waals surface area contributed by atoms with Crippen molar-refractivity contribution in [2.45, 2.75) is 38.2 Å². The number of hydrogen-bond acceptors (Lipinski definition) is 3. The summed E-state index contributed by atoms with van der Waals surface area (Å²) in [4.78, 5) is 12.5. The Morgan fingerprint density at radius 1 is 1.25 bits per heavy atom. The highest BCUT2D eigenvalue weighted by Gasteiger charge is 2.21. The summed E-state index contributed by atoms with van der Waals surface area (Å²) in [6.45, 7) is 7.77. The zero-order valence-electron chi connectivity index (χ0n) is 14.4. The maximum absolute atomic E-state index is 12.5. The molecule has 1 heterocycles. The molecule has 0 aliphatic carbocycles. The van der Waals surface area contributed by atoms with Crippen molar-refractivity contribution in [3.05, 3.63) is 45.2 Å². The third-order valence-corrected chi connectivity index (χ3v) is 5.99. The first-order chi connectivity index (χ1) is 11.2. The fourth-order valence-corrected chi connectivity index (χ4v) is 3.80. The molecule has 1 N–H and O–H groups in total. The van der Waals surface area contributed by atoms with Gasteiger partial charge in [0.2, 0.25) is 5.91 Å². The van der Waals surface area contributed by atoms with Gasteiger partial charge in [-0.05, 0) is 45.4 Å². The molecular weight excluding hydrogens is 365 g/mol. The molecule has 0 unspecified atom stereocenters. The van der Waals surface area contributed by atoms with Crippen molar-refractivity contribution in [3.8, 4) is 0 Å². The molecule has 1 aromatic heterocycles. The van der Waals surface area contributed by atoms with Gasteiger partial charge in [0, 0.05) is 12.3 Å². The number of nitrogens with one attached hydrogen (secondary N) is 1. The summed E-state index contributed by atoms with van der Waals surface area (Å²) in [6, 6.07) is 5.57. The fourth-order valence-electron chi connectivity index (χ4n) is 2.39. The van der Waals surface area contributed by atoms with Crippen molar-refractivity contribution < 1.29 is 4.79 Å². The van der Waals surface area contributed by atoms with E-state index in [1.54, 1.807) is 22.5 Å². The molecule has 0 fully saturated rings. The first kappa shape index (κ1) is 19.2. The van der Waals surface area contributed by atoms with E-state index >= 15 is 0 Å². The van der Waals surface area contributed by atoms with Gasteiger partial charge in [0.1, 0.15) is 0 Å². The minimum atomic E-state index is -0.214. The maximum Gasteiger partial charge on any atom is 0.237 e. The lowest BCUT2D eigenvalue weighted by Crippen LogP contribution is -2.23. The average Bonchev–Trinajstić information content (AvgIpc) is 2.76. The van der Waals surface area contributed by atoms with Gasteiger partial charge in [-0.1, -0.05) is 29.3 Å². The molecule has 1 aromatic carbocycles. The van der Waals surface area contributed by atoms with Crippen LogP contribution in [0.25, 0.3) is 0 Å². The summed E-state index contributed by atoms with van der Waals surface area (Å²) in [6.07, 6.45) is 0. The minimum absolute atomic E-state index is 0.0360. The van der Waals surface area contributed by atoms with Gasteiger partial charge in [-0.15, -0.1) is 11.8 Å². The number of nitrogens with zero attached hydrogens (tertiary/aromatic N) is 2. The predicted molar refractivity (Wildman–Crippen MR) is 103 cm³/mol. The Bertz CT molecular complexity index is 761. The molecule has 2 atom stereocenters. The van der Waals surface area contributed by atoms with Gasteiger partial charge in [0.15, 0.2) is 0 Å². The lowest BCUT2D eigenvalue weighted by atomic mass is 10.2. The zero-order chi connectivity index (χ0) is 18.0. The van der Waals surface area contributed by atoms with E-state index in [0.29, 0.717) is 10.0 Å². The monoisotopic (exact) mass is 385 g/mol. The van der Waals surface area contributed by atoms with E-state index in [9.17, 15) is 4.79 Å². The van der Waals surface area contributed by atoms with Gasteiger partial charge in [0.05, 0.1) is 32.4 Å². The molecule has 2 rings (SSSR count). The zero-order valence-corrected chi connectivity index (χ0v) is 16.7. The van der Waals surface area contributed by atoms with E-state index in [0.717, 1.165) is 22.6 Å². The summed E-state index contributed by atoms with van der Waals surface area (Å²) in [5.41, 5.74) is 3.59. The number of thioether (sulfide) groups is 1. The van der Waals surface area contributed by atoms with Gasteiger partial charge in [-0.2, -0.15) is 5.10 Å². The van der Waals surface area contributed by atoms with Crippen LogP contribution in [0.15, 0.2) is 18.2 Å². The number of aryl methyl sites for hydroxylation is 2. The molecule has 0 radical (unpaired) electrons. The number of anilines is 1. The highest BCUT2D eigenvalue weighted by Crippen LogP contribution is 2.35. The number of amides is 1. The molecule has 4 nitrogen and oxygen atoms in total. The maximum atomic E-state index is 12.5. The van der Waals surface area contributed by atoms with Crippen LogP contribution in [-0.2, 0) is 11.8 Å². The third kappa shape index (κ3) is 4.26. The van der Waals surface area contributed by atoms with E-state index in [2.05, 4.69) is 17.3 Å². The SMILES string of the molecule is Cc1nn(C)c(C)c1NC(=O)[C@@H](C)S[C@@H](C)c1ccc(Cl)c(Cl)c1. The number of aromatic nitrogens is 2. The molecule has 130 valence electrons. The second-order valence-corrected chi connectivity index (χ2v) is 8.25. The molecule has 7 heteroatoms. The summed E-state index contributed by atoms with van der Waals surface area (Å²) < 4.78 is 1.76. The Morgan fingerprint density at radius 2 is 1.92 bits per heavy atom. The van der Waals surface area contributed by atoms with Crippen LogP contribution in [0.4, 0.5) is 5.69 Å². The number of carbonyl (C=O) groups is 1. The first-order valence-corrected chi connectivity index (χ1v) is 9.32. The molecular formula is C17H21Cl2N3OS. The summed E-state index contributed by atoms with van der Waals surface area (Å²) in [7, 11) is 1.86. The second kappa shape index (κ2) is 7.81. The molecule has 24 heavy (non-hydrogen) atoms. The lowest BCUT2D eigenvalue weighted by Gasteiger charge is -2.18. The van der Waals surface area contributed by atoms with E-state index in [1.165, 1.54) is 0 Å². The van der Waals surface area contributed by atoms with E-state index < -0.39 is 0 Å². The summed E-state index contributed by atoms with van der Waals surface area (Å²) in [5, 5.41) is 8.27. The van der Waals surface area contributed by atoms with Crippen molar-refractivity contribution in [1.29, 1.82) is 0 Å². The summed E-state index contributed by atoms with van der Waals surface area (Å²) >= 11 is 13.6. The lowest BCUT2D eigenvalue weighted by molar-refractivity contribution is -0.115. The van der Waals surface area contributed by atoms with Crippen LogP contribution in [0, 0.1) is 13.8 Å². The molecule has 2 aromatic rings. The predicted octanol–water partition coefficient (Wildman–Crippen LogP) is 5.17. The molecule has 0 saturated heterocycles. The normalized spacial score (nSPS) is 13.6. The van der Waals surface area contributed by atoms with Gasteiger partial charge in [-0.25, -0.2) is 0 Å². The smallest absolute Gasteiger partial charge is 0.237 e. The minimum Gasteiger partial charge on any atom is -0.322 e. The highest BCUT2D eigenvalue weighted by molar-refractivity contribution is 8.00. The molecule has 0 saturated carbocycles. The van der Waals surface area contributed by atoms with Crippen LogP contribution < -0.4 is 5.32 Å². The molecule has 0 bridgehead atoms. The van der Waals surface area contributed by atoms with E-state index in [4.69, 9.17) is 23.2 Å². The van der Waals surface area contributed by atoms with Crippen molar-refractivity contribution in [2.24, 2.45) is 7.05 Å². The molecule has 0 aliphatic rings. The van der Waals surface area contributed by atoms with Crippen LogP contribution in [-0.4, -0.2) is 20.9 Å². The number of halogens is 2. The van der Waals surface area contributed by atoms with Crippen molar-refractivity contribution >= 4 is 46.6 Å². The number of rotatable bonds is 5. The van der Waals surface area contributed by atoms with Crippen molar-refractivity contribution in [2.75, 3.05) is 5.32 Å². The van der Waals surface area contributed by atoms with E-state index in [1.807, 2.05) is 40.0 Å². The molecule has 1 amide bonds. The quantitative estimate of drug-likeness (QED) is 0.772. The Hall–Kier alpha value is -1.17. The third-order valence-electron chi connectivity index (χ3n) is 3.95. The topological polar surface area (TPSA) is 46.9 Å². The second-order valence-electron chi connectivity index (χ2n) is 5.75. The highest BCUT2D eigenvalue weighted by atomic mass is 35.5. The van der Waals surface area contributed by atoms with Crippen LogP contribution >= 0.6 is 35.0 Å². The van der Waals surface area contributed by atoms with Gasteiger partial charge in [0.25, 0.3) is 0 Å². The Balaban J connectivity index is 2.04. The van der Waals surface area contributed by atoms with Crippen LogP contribution in [0.2, 0.25) is 10.0 Å². The molecule has 0 aliphatic heterocycles. The van der Waals surface area contributed by atoms with Crippen molar-refractivity contribution in [3.63, 3.8) is 0 Å². The Labute approximate surface area is 156 Å².